The van der Waals surface area contributed by atoms with E-state index < -0.39 is 11.8 Å². The Balaban J connectivity index is 0.000000183. The summed E-state index contributed by atoms with van der Waals surface area (Å²) in [6.45, 7) is 0. The summed E-state index contributed by atoms with van der Waals surface area (Å²) >= 11 is 3.45. The van der Waals surface area contributed by atoms with Gasteiger partial charge in [-0.05, 0) is 82.2 Å². The van der Waals surface area contributed by atoms with Crippen LogP contribution in [-0.2, 0) is 0 Å². The first kappa shape index (κ1) is 37.8. The fraction of sp³-hybridized carbons (Fsp3) is 0.0455. The Bertz CT molecular complexity index is 2960. The van der Waals surface area contributed by atoms with Crippen molar-refractivity contribution in [2.24, 2.45) is 0 Å². The van der Waals surface area contributed by atoms with Crippen LogP contribution in [0.1, 0.15) is 35.6 Å². The van der Waals surface area contributed by atoms with Crippen molar-refractivity contribution in [1.29, 1.82) is 0 Å². The van der Waals surface area contributed by atoms with Crippen molar-refractivity contribution in [3.8, 4) is 11.1 Å². The molecule has 0 saturated carbocycles. The van der Waals surface area contributed by atoms with Gasteiger partial charge in [0.05, 0.1) is 11.4 Å². The minimum absolute atomic E-state index is 0. The van der Waals surface area contributed by atoms with Gasteiger partial charge in [0.1, 0.15) is 11.1 Å². The second-order valence-corrected chi connectivity index (χ2v) is 13.1. The third kappa shape index (κ3) is 7.46. The highest BCUT2D eigenvalue weighted by Gasteiger charge is 2.17. The molecule has 9 rings (SSSR count). The van der Waals surface area contributed by atoms with Crippen LogP contribution in [0.25, 0.3) is 54.7 Å². The average molecular weight is 794 g/mol. The molecule has 0 aliphatic rings. The monoisotopic (exact) mass is 792 g/mol. The van der Waals surface area contributed by atoms with Crippen molar-refractivity contribution in [3.05, 3.63) is 176 Å². The molecule has 0 aliphatic carbocycles. The van der Waals surface area contributed by atoms with E-state index in [4.69, 9.17) is 0 Å². The van der Waals surface area contributed by atoms with Crippen LogP contribution in [0, 0.1) is 0 Å². The normalized spacial score (nSPS) is 10.6. The number of hydrogen-bond donors (Lipinski definition) is 6. The molecule has 4 aromatic heterocycles. The Hall–Kier alpha value is -6.98. The summed E-state index contributed by atoms with van der Waals surface area (Å²) in [5, 5.41) is 8.78. The third-order valence-corrected chi connectivity index (χ3v) is 9.64. The molecular formula is C44H37BrN6O4. The average Bonchev–Trinajstić information content (AvgIpc) is 3.84. The first-order chi connectivity index (χ1) is 25.8. The predicted molar refractivity (Wildman–Crippen MR) is 228 cm³/mol. The SMILES string of the molecule is C.C.O=C(Nc1cc2[nH]ccc2cc1-c1ccccc1)c1c[nH]c2ccccc2c1=O.O=C(Nc1cc2[nH]ccc2cc1Br)c1c[nH]c2ccccc2c1=O. The van der Waals surface area contributed by atoms with Crippen molar-refractivity contribution in [2.75, 3.05) is 10.6 Å². The Morgan fingerprint density at radius 3 is 1.55 bits per heavy atom. The highest BCUT2D eigenvalue weighted by molar-refractivity contribution is 9.10. The zero-order valence-electron chi connectivity index (χ0n) is 27.8. The lowest BCUT2D eigenvalue weighted by Crippen LogP contribution is -2.22. The first-order valence-corrected chi connectivity index (χ1v) is 17.4. The number of aromatic nitrogens is 4. The maximum absolute atomic E-state index is 13.0. The van der Waals surface area contributed by atoms with Gasteiger partial charge in [0.2, 0.25) is 10.9 Å². The molecule has 0 fully saturated rings. The van der Waals surface area contributed by atoms with Gasteiger partial charge < -0.3 is 30.6 Å². The van der Waals surface area contributed by atoms with Gasteiger partial charge in [-0.15, -0.1) is 0 Å². The molecule has 0 saturated heterocycles. The van der Waals surface area contributed by atoms with Crippen molar-refractivity contribution in [1.82, 2.24) is 19.9 Å². The molecule has 2 amide bonds. The van der Waals surface area contributed by atoms with Crippen LogP contribution >= 0.6 is 15.9 Å². The minimum atomic E-state index is -0.450. The van der Waals surface area contributed by atoms with E-state index in [1.54, 1.807) is 30.3 Å². The van der Waals surface area contributed by atoms with Crippen LogP contribution < -0.4 is 21.5 Å². The number of carbonyl (C=O) groups excluding carboxylic acids is 2. The Labute approximate surface area is 323 Å². The maximum atomic E-state index is 13.0. The van der Waals surface area contributed by atoms with Gasteiger partial charge in [-0.3, -0.25) is 19.2 Å². The largest absolute Gasteiger partial charge is 0.361 e. The van der Waals surface area contributed by atoms with Crippen molar-refractivity contribution < 1.29 is 9.59 Å². The van der Waals surface area contributed by atoms with Crippen molar-refractivity contribution in [2.45, 2.75) is 14.9 Å². The predicted octanol–water partition coefficient (Wildman–Crippen LogP) is 10.2. The van der Waals surface area contributed by atoms with E-state index in [1.165, 1.54) is 12.4 Å². The number of rotatable bonds is 5. The summed E-state index contributed by atoms with van der Waals surface area (Å²) in [5.41, 5.74) is 5.90. The molecule has 5 aromatic carbocycles. The molecule has 55 heavy (non-hydrogen) atoms. The van der Waals surface area contributed by atoms with E-state index in [-0.39, 0.29) is 36.8 Å². The highest BCUT2D eigenvalue weighted by Crippen LogP contribution is 2.33. The number of para-hydroxylation sites is 2. The summed E-state index contributed by atoms with van der Waals surface area (Å²) in [5.74, 6) is -0.895. The second kappa shape index (κ2) is 15.9. The van der Waals surface area contributed by atoms with Crippen LogP contribution in [-0.4, -0.2) is 31.8 Å². The molecule has 11 heteroatoms. The van der Waals surface area contributed by atoms with Crippen LogP contribution in [0.5, 0.6) is 0 Å². The number of amides is 2. The summed E-state index contributed by atoms with van der Waals surface area (Å²) in [7, 11) is 0. The minimum Gasteiger partial charge on any atom is -0.361 e. The molecule has 0 aliphatic heterocycles. The number of anilines is 2. The summed E-state index contributed by atoms with van der Waals surface area (Å²) in [4.78, 5) is 63.1. The molecule has 0 bridgehead atoms. The van der Waals surface area contributed by atoms with E-state index in [1.807, 2.05) is 97.3 Å². The van der Waals surface area contributed by atoms with E-state index in [9.17, 15) is 19.2 Å². The van der Waals surface area contributed by atoms with Gasteiger partial charge in [-0.25, -0.2) is 0 Å². The highest BCUT2D eigenvalue weighted by atomic mass is 79.9. The Morgan fingerprint density at radius 1 is 0.509 bits per heavy atom. The van der Waals surface area contributed by atoms with Crippen LogP contribution in [0.4, 0.5) is 11.4 Å². The standard InChI is InChI=1S/C24H17N3O2.C18H12BrN3O2.2CH4/c28-23-17-8-4-5-9-20(17)26-14-19(23)24(29)27-22-13-21-16(10-11-25-21)12-18(22)15-6-2-1-3-7-15;19-13-7-10-5-6-20-15(10)8-16(13)22-18(24)12-9-21-14-4-2-1-3-11(14)17(12)23;;/h1-14,25H,(H,26,28)(H,27,29);1-9,20H,(H,21,23)(H,22,24);2*1H4. The number of fused-ring (bicyclic) bond motifs is 4. The van der Waals surface area contributed by atoms with Gasteiger partial charge in [0.25, 0.3) is 11.8 Å². The van der Waals surface area contributed by atoms with Crippen molar-refractivity contribution >= 4 is 82.7 Å². The topological polar surface area (TPSA) is 155 Å². The van der Waals surface area contributed by atoms with E-state index >= 15 is 0 Å². The Kier molecular flexibility index (Phi) is 11.0. The summed E-state index contributed by atoms with van der Waals surface area (Å²) < 4.78 is 0.750. The fourth-order valence-electron chi connectivity index (χ4n) is 6.28. The lowest BCUT2D eigenvalue weighted by molar-refractivity contribution is 0.101. The number of hydrogen-bond acceptors (Lipinski definition) is 4. The first-order valence-electron chi connectivity index (χ1n) is 16.6. The fourth-order valence-corrected chi connectivity index (χ4v) is 6.74. The smallest absolute Gasteiger partial charge is 0.261 e. The summed E-state index contributed by atoms with van der Waals surface area (Å²) in [6, 6.07) is 35.7. The molecule has 0 radical (unpaired) electrons. The van der Waals surface area contributed by atoms with Gasteiger partial charge in [-0.2, -0.15) is 0 Å². The van der Waals surface area contributed by atoms with E-state index in [2.05, 4.69) is 46.5 Å². The zero-order valence-corrected chi connectivity index (χ0v) is 29.4. The summed E-state index contributed by atoms with van der Waals surface area (Å²) in [6.07, 6.45) is 6.60. The number of pyridine rings is 2. The number of aromatic amines is 4. The molecule has 10 nitrogen and oxygen atoms in total. The molecule has 0 atom stereocenters. The number of H-pyrrole nitrogens is 4. The molecule has 9 aromatic rings. The number of benzene rings is 5. The van der Waals surface area contributed by atoms with Gasteiger partial charge in [-0.1, -0.05) is 69.5 Å². The van der Waals surface area contributed by atoms with Gasteiger partial charge in [0.15, 0.2) is 0 Å². The van der Waals surface area contributed by atoms with Gasteiger partial charge in [0, 0.05) is 78.4 Å². The van der Waals surface area contributed by atoms with Crippen LogP contribution in [0.3, 0.4) is 0 Å². The lowest BCUT2D eigenvalue weighted by atomic mass is 10.0. The van der Waals surface area contributed by atoms with Gasteiger partial charge >= 0.3 is 0 Å². The number of carbonyl (C=O) groups is 2. The lowest BCUT2D eigenvalue weighted by Gasteiger charge is -2.12. The van der Waals surface area contributed by atoms with Crippen LogP contribution in [0.15, 0.2) is 154 Å². The van der Waals surface area contributed by atoms with E-state index in [0.29, 0.717) is 33.2 Å². The molecule has 274 valence electrons. The molecule has 4 heterocycles. The quantitative estimate of drug-likeness (QED) is 0.103. The second-order valence-electron chi connectivity index (χ2n) is 12.3. The number of halogens is 1. The molecule has 6 N–H and O–H groups in total. The van der Waals surface area contributed by atoms with E-state index in [0.717, 1.165) is 37.4 Å². The van der Waals surface area contributed by atoms with Crippen LogP contribution in [0.2, 0.25) is 0 Å². The Morgan fingerprint density at radius 2 is 0.982 bits per heavy atom. The van der Waals surface area contributed by atoms with Crippen molar-refractivity contribution in [3.63, 3.8) is 0 Å². The third-order valence-electron chi connectivity index (χ3n) is 8.98. The molecular weight excluding hydrogens is 756 g/mol. The zero-order chi connectivity index (χ0) is 36.5. The molecule has 0 spiro atoms. The molecule has 0 unspecified atom stereocenters. The number of nitrogens with one attached hydrogen (secondary N) is 6. The maximum Gasteiger partial charge on any atom is 0.261 e.